The summed E-state index contributed by atoms with van der Waals surface area (Å²) in [7, 11) is 1.98. The lowest BCUT2D eigenvalue weighted by atomic mass is 9.99. The zero-order valence-corrected chi connectivity index (χ0v) is 12.4. The third kappa shape index (κ3) is 2.68. The zero-order valence-electron chi connectivity index (χ0n) is 12.4. The molecular weight excluding hydrogens is 236 g/mol. The van der Waals surface area contributed by atoms with Gasteiger partial charge in [-0.2, -0.15) is 5.10 Å². The highest BCUT2D eigenvalue weighted by Gasteiger charge is 2.18. The van der Waals surface area contributed by atoms with Gasteiger partial charge >= 0.3 is 0 Å². The van der Waals surface area contributed by atoms with Crippen molar-refractivity contribution in [3.63, 3.8) is 0 Å². The number of likely N-dealkylation sites (N-methyl/N-ethyl adjacent to an activating group) is 1. The van der Waals surface area contributed by atoms with Crippen molar-refractivity contribution in [1.82, 2.24) is 20.1 Å². The maximum Gasteiger partial charge on any atom is 0.153 e. The SMILES string of the molecule is CNCC(C)c1c(C)nn(-c2cc(C)ccn2)c1C. The van der Waals surface area contributed by atoms with Gasteiger partial charge in [0.1, 0.15) is 0 Å². The Hall–Kier alpha value is -1.68. The molecular formula is C15H22N4. The van der Waals surface area contributed by atoms with Crippen LogP contribution in [0, 0.1) is 20.8 Å². The Bertz CT molecular complexity index is 572. The van der Waals surface area contributed by atoms with Gasteiger partial charge in [-0.15, -0.1) is 0 Å². The van der Waals surface area contributed by atoms with Gasteiger partial charge in [-0.3, -0.25) is 0 Å². The zero-order chi connectivity index (χ0) is 14.0. The molecule has 2 aromatic rings. The number of hydrogen-bond acceptors (Lipinski definition) is 3. The normalized spacial score (nSPS) is 12.7. The van der Waals surface area contributed by atoms with Crippen molar-refractivity contribution in [2.75, 3.05) is 13.6 Å². The van der Waals surface area contributed by atoms with E-state index >= 15 is 0 Å². The molecule has 2 rings (SSSR count). The number of rotatable bonds is 4. The first kappa shape index (κ1) is 13.7. The van der Waals surface area contributed by atoms with Gasteiger partial charge in [-0.05, 0) is 51.4 Å². The summed E-state index contributed by atoms with van der Waals surface area (Å²) in [6.45, 7) is 9.43. The predicted molar refractivity (Wildman–Crippen MR) is 77.9 cm³/mol. The minimum Gasteiger partial charge on any atom is -0.319 e. The van der Waals surface area contributed by atoms with Crippen LogP contribution in [0.2, 0.25) is 0 Å². The molecule has 102 valence electrons. The molecule has 0 saturated heterocycles. The quantitative estimate of drug-likeness (QED) is 0.916. The van der Waals surface area contributed by atoms with E-state index in [4.69, 9.17) is 0 Å². The van der Waals surface area contributed by atoms with E-state index in [1.165, 1.54) is 16.8 Å². The van der Waals surface area contributed by atoms with Crippen molar-refractivity contribution < 1.29 is 0 Å². The topological polar surface area (TPSA) is 42.7 Å². The molecule has 0 aliphatic rings. The molecule has 4 nitrogen and oxygen atoms in total. The second-order valence-electron chi connectivity index (χ2n) is 5.15. The Morgan fingerprint density at radius 2 is 2.05 bits per heavy atom. The summed E-state index contributed by atoms with van der Waals surface area (Å²) in [5.41, 5.74) is 4.78. The van der Waals surface area contributed by atoms with Crippen LogP contribution < -0.4 is 5.32 Å². The molecule has 0 spiro atoms. The van der Waals surface area contributed by atoms with Gasteiger partial charge in [0.15, 0.2) is 5.82 Å². The maximum atomic E-state index is 4.65. The minimum absolute atomic E-state index is 0.448. The van der Waals surface area contributed by atoms with Crippen molar-refractivity contribution >= 4 is 0 Å². The smallest absolute Gasteiger partial charge is 0.153 e. The number of aromatic nitrogens is 3. The third-order valence-electron chi connectivity index (χ3n) is 3.47. The van der Waals surface area contributed by atoms with Crippen LogP contribution in [0.5, 0.6) is 0 Å². The van der Waals surface area contributed by atoms with Crippen LogP contribution in [0.4, 0.5) is 0 Å². The van der Waals surface area contributed by atoms with E-state index in [2.05, 4.69) is 49.2 Å². The molecule has 1 unspecified atom stereocenters. The summed E-state index contributed by atoms with van der Waals surface area (Å²) in [4.78, 5) is 4.42. The summed E-state index contributed by atoms with van der Waals surface area (Å²) in [6, 6.07) is 4.06. The van der Waals surface area contributed by atoms with Crippen LogP contribution in [-0.4, -0.2) is 28.4 Å². The fourth-order valence-electron chi connectivity index (χ4n) is 2.64. The Balaban J connectivity index is 2.47. The third-order valence-corrected chi connectivity index (χ3v) is 3.47. The molecule has 2 heterocycles. The number of nitrogens with one attached hydrogen (secondary N) is 1. The van der Waals surface area contributed by atoms with Gasteiger partial charge in [0.25, 0.3) is 0 Å². The van der Waals surface area contributed by atoms with Crippen molar-refractivity contribution in [2.24, 2.45) is 0 Å². The average Bonchev–Trinajstić information content (AvgIpc) is 2.65. The Morgan fingerprint density at radius 1 is 1.32 bits per heavy atom. The van der Waals surface area contributed by atoms with E-state index in [-0.39, 0.29) is 0 Å². The first-order chi connectivity index (χ1) is 9.04. The van der Waals surface area contributed by atoms with Crippen molar-refractivity contribution in [2.45, 2.75) is 33.6 Å². The van der Waals surface area contributed by atoms with E-state index in [0.717, 1.165) is 18.1 Å². The molecule has 0 aliphatic heterocycles. The number of pyridine rings is 1. The molecule has 0 amide bonds. The van der Waals surface area contributed by atoms with E-state index in [9.17, 15) is 0 Å². The van der Waals surface area contributed by atoms with E-state index in [0.29, 0.717) is 5.92 Å². The van der Waals surface area contributed by atoms with Crippen LogP contribution in [-0.2, 0) is 0 Å². The minimum atomic E-state index is 0.448. The van der Waals surface area contributed by atoms with E-state index in [1.54, 1.807) is 0 Å². The van der Waals surface area contributed by atoms with Gasteiger partial charge in [0, 0.05) is 24.0 Å². The second-order valence-corrected chi connectivity index (χ2v) is 5.15. The molecule has 1 N–H and O–H groups in total. The lowest BCUT2D eigenvalue weighted by Gasteiger charge is -2.11. The number of hydrogen-bond donors (Lipinski definition) is 1. The average molecular weight is 258 g/mol. The van der Waals surface area contributed by atoms with Crippen molar-refractivity contribution in [1.29, 1.82) is 0 Å². The molecule has 2 aromatic heterocycles. The summed E-state index contributed by atoms with van der Waals surface area (Å²) < 4.78 is 1.95. The molecule has 0 radical (unpaired) electrons. The summed E-state index contributed by atoms with van der Waals surface area (Å²) in [5, 5.41) is 7.88. The summed E-state index contributed by atoms with van der Waals surface area (Å²) in [5.74, 6) is 1.34. The van der Waals surface area contributed by atoms with Crippen LogP contribution >= 0.6 is 0 Å². The highest BCUT2D eigenvalue weighted by molar-refractivity contribution is 5.36. The monoisotopic (exact) mass is 258 g/mol. The van der Waals surface area contributed by atoms with Gasteiger partial charge < -0.3 is 5.32 Å². The Morgan fingerprint density at radius 3 is 2.68 bits per heavy atom. The van der Waals surface area contributed by atoms with E-state index in [1.807, 2.05) is 24.0 Å². The molecule has 0 aromatic carbocycles. The Labute approximate surface area is 114 Å². The predicted octanol–water partition coefficient (Wildman–Crippen LogP) is 2.52. The maximum absolute atomic E-state index is 4.65. The van der Waals surface area contributed by atoms with Gasteiger partial charge in [0.2, 0.25) is 0 Å². The highest BCUT2D eigenvalue weighted by atomic mass is 15.3. The van der Waals surface area contributed by atoms with Crippen molar-refractivity contribution in [3.8, 4) is 5.82 Å². The number of nitrogens with zero attached hydrogens (tertiary/aromatic N) is 3. The standard InChI is InChI=1S/C15H22N4/c1-10-6-7-17-14(8-10)19-13(4)15(12(3)18-19)11(2)9-16-5/h6-8,11,16H,9H2,1-5H3. The fraction of sp³-hybridized carbons (Fsp3) is 0.467. The van der Waals surface area contributed by atoms with Gasteiger partial charge in [-0.1, -0.05) is 6.92 Å². The number of aryl methyl sites for hydroxylation is 2. The molecule has 19 heavy (non-hydrogen) atoms. The van der Waals surface area contributed by atoms with Gasteiger partial charge in [0.05, 0.1) is 5.69 Å². The van der Waals surface area contributed by atoms with Crippen LogP contribution in [0.15, 0.2) is 18.3 Å². The van der Waals surface area contributed by atoms with E-state index < -0.39 is 0 Å². The Kier molecular flexibility index (Phi) is 4.00. The molecule has 0 bridgehead atoms. The lowest BCUT2D eigenvalue weighted by Crippen LogP contribution is -2.15. The molecule has 1 atom stereocenters. The largest absolute Gasteiger partial charge is 0.319 e. The lowest BCUT2D eigenvalue weighted by molar-refractivity contribution is 0.670. The summed E-state index contributed by atoms with van der Waals surface area (Å²) >= 11 is 0. The summed E-state index contributed by atoms with van der Waals surface area (Å²) in [6.07, 6.45) is 1.83. The van der Waals surface area contributed by atoms with Crippen LogP contribution in [0.1, 0.15) is 35.4 Å². The highest BCUT2D eigenvalue weighted by Crippen LogP contribution is 2.24. The molecule has 0 aliphatic carbocycles. The van der Waals surface area contributed by atoms with Gasteiger partial charge in [-0.25, -0.2) is 9.67 Å². The van der Waals surface area contributed by atoms with Crippen LogP contribution in [0.3, 0.4) is 0 Å². The molecule has 0 fully saturated rings. The molecule has 0 saturated carbocycles. The first-order valence-corrected chi connectivity index (χ1v) is 6.68. The molecule has 4 heteroatoms. The fourth-order valence-corrected chi connectivity index (χ4v) is 2.64. The second kappa shape index (κ2) is 5.53. The van der Waals surface area contributed by atoms with Crippen LogP contribution in [0.25, 0.3) is 5.82 Å². The van der Waals surface area contributed by atoms with Crippen molar-refractivity contribution in [3.05, 3.63) is 40.8 Å². The first-order valence-electron chi connectivity index (χ1n) is 6.68.